The van der Waals surface area contributed by atoms with E-state index in [-0.39, 0.29) is 18.9 Å². The quantitative estimate of drug-likeness (QED) is 0.379. The zero-order valence-electron chi connectivity index (χ0n) is 18.1. The van der Waals surface area contributed by atoms with Crippen LogP contribution in [0.25, 0.3) is 0 Å². The minimum Gasteiger partial charge on any atom is -0.458 e. The van der Waals surface area contributed by atoms with Gasteiger partial charge in [0.15, 0.2) is 6.29 Å². The summed E-state index contributed by atoms with van der Waals surface area (Å²) in [7, 11) is 0. The molecule has 0 heterocycles. The summed E-state index contributed by atoms with van der Waals surface area (Å²) in [6.07, 6.45) is 9.71. The van der Waals surface area contributed by atoms with Gasteiger partial charge < -0.3 is 19.7 Å². The number of hydrogen-bond acceptors (Lipinski definition) is 4. The number of ether oxygens (including phenoxy) is 2. The van der Waals surface area contributed by atoms with Crippen LogP contribution in [0.2, 0.25) is 0 Å². The second-order valence-corrected chi connectivity index (χ2v) is 9.22. The molecule has 0 aromatic rings. The van der Waals surface area contributed by atoms with Gasteiger partial charge in [-0.05, 0) is 75.2 Å². The highest BCUT2D eigenvalue weighted by Gasteiger charge is 2.45. The molecule has 0 spiro atoms. The molecule has 3 unspecified atom stereocenters. The Morgan fingerprint density at radius 3 is 2.59 bits per heavy atom. The Hall–Kier alpha value is -1.83. The second kappa shape index (κ2) is 9.98. The maximum Gasteiger partial charge on any atom is 0.392 e. The highest BCUT2D eigenvalue weighted by Crippen LogP contribution is 2.44. The summed E-state index contributed by atoms with van der Waals surface area (Å²) < 4.78 is 52.7. The summed E-state index contributed by atoms with van der Waals surface area (Å²) in [5.74, 6) is -0.350. The predicted octanol–water partition coefficient (Wildman–Crippen LogP) is 5.46. The van der Waals surface area contributed by atoms with Gasteiger partial charge in [-0.15, -0.1) is 0 Å². The first-order valence-electron chi connectivity index (χ1n) is 11.5. The molecule has 0 aliphatic heterocycles. The van der Waals surface area contributed by atoms with E-state index in [4.69, 9.17) is 9.47 Å². The molecule has 4 aliphatic rings. The Morgan fingerprint density at radius 1 is 1.06 bits per heavy atom. The van der Waals surface area contributed by atoms with Crippen molar-refractivity contribution in [1.82, 2.24) is 0 Å². The average Bonchev–Trinajstić information content (AvgIpc) is 3.56. The molecule has 4 rings (SSSR count). The number of aliphatic hydroxyl groups excluding tert-OH is 1. The van der Waals surface area contributed by atoms with Crippen molar-refractivity contribution < 1.29 is 32.9 Å². The fourth-order valence-corrected chi connectivity index (χ4v) is 4.65. The SMILES string of the molecule is OC(O)CC1=CC(OC2=CCCC(C3C=CCCC3C(F)(F)F)=C2)=CC(OCC2CC2)C1. The average molecular weight is 453 g/mol. The van der Waals surface area contributed by atoms with Crippen LogP contribution in [0.3, 0.4) is 0 Å². The molecule has 1 saturated carbocycles. The Kier molecular flexibility index (Phi) is 7.27. The molecule has 0 bridgehead atoms. The first-order valence-corrected chi connectivity index (χ1v) is 11.5. The van der Waals surface area contributed by atoms with E-state index in [9.17, 15) is 23.4 Å². The van der Waals surface area contributed by atoms with Gasteiger partial charge in [-0.3, -0.25) is 0 Å². The zero-order chi connectivity index (χ0) is 22.7. The number of hydrogen-bond donors (Lipinski definition) is 2. The molecule has 4 aliphatic carbocycles. The molecule has 3 atom stereocenters. The van der Waals surface area contributed by atoms with Gasteiger partial charge >= 0.3 is 6.18 Å². The van der Waals surface area contributed by atoms with E-state index in [1.807, 2.05) is 18.2 Å². The number of halogens is 3. The fourth-order valence-electron chi connectivity index (χ4n) is 4.65. The highest BCUT2D eigenvalue weighted by molar-refractivity contribution is 5.33. The predicted molar refractivity (Wildman–Crippen MR) is 114 cm³/mol. The Bertz CT molecular complexity index is 831. The molecular formula is C25H31F3O4. The lowest BCUT2D eigenvalue weighted by molar-refractivity contribution is -0.184. The van der Waals surface area contributed by atoms with E-state index >= 15 is 0 Å². The van der Waals surface area contributed by atoms with Crippen LogP contribution in [0.4, 0.5) is 13.2 Å². The normalized spacial score (nSPS) is 28.8. The summed E-state index contributed by atoms with van der Waals surface area (Å²) in [6, 6.07) is 0. The molecule has 0 aromatic carbocycles. The fraction of sp³-hybridized carbons (Fsp3) is 0.600. The van der Waals surface area contributed by atoms with Crippen LogP contribution in [-0.2, 0) is 9.47 Å². The summed E-state index contributed by atoms with van der Waals surface area (Å²) in [4.78, 5) is 0. The minimum atomic E-state index is -4.22. The maximum atomic E-state index is 13.6. The number of aliphatic hydroxyl groups is 2. The molecular weight excluding hydrogens is 421 g/mol. The van der Waals surface area contributed by atoms with Crippen LogP contribution in [0.5, 0.6) is 0 Å². The Morgan fingerprint density at radius 2 is 1.88 bits per heavy atom. The Balaban J connectivity index is 1.48. The van der Waals surface area contributed by atoms with Gasteiger partial charge in [-0.2, -0.15) is 13.2 Å². The van der Waals surface area contributed by atoms with Crippen molar-refractivity contribution in [1.29, 1.82) is 0 Å². The van der Waals surface area contributed by atoms with Crippen LogP contribution in [0.1, 0.15) is 51.4 Å². The molecule has 1 fully saturated rings. The van der Waals surface area contributed by atoms with Gasteiger partial charge in [0.1, 0.15) is 11.5 Å². The van der Waals surface area contributed by atoms with Crippen LogP contribution in [-0.4, -0.2) is 35.4 Å². The van der Waals surface area contributed by atoms with Crippen LogP contribution in [0.15, 0.2) is 59.1 Å². The van der Waals surface area contributed by atoms with E-state index < -0.39 is 24.3 Å². The van der Waals surface area contributed by atoms with Gasteiger partial charge in [0.25, 0.3) is 0 Å². The zero-order valence-corrected chi connectivity index (χ0v) is 18.1. The third-order valence-electron chi connectivity index (χ3n) is 6.46. The number of alkyl halides is 3. The molecule has 0 amide bonds. The lowest BCUT2D eigenvalue weighted by Crippen LogP contribution is -2.32. The van der Waals surface area contributed by atoms with E-state index in [1.165, 1.54) is 12.8 Å². The van der Waals surface area contributed by atoms with E-state index in [1.54, 1.807) is 18.2 Å². The molecule has 0 saturated heterocycles. The Labute approximate surface area is 186 Å². The van der Waals surface area contributed by atoms with Crippen molar-refractivity contribution in [3.8, 4) is 0 Å². The lowest BCUT2D eigenvalue weighted by atomic mass is 9.76. The monoisotopic (exact) mass is 452 g/mol. The van der Waals surface area contributed by atoms with Crippen LogP contribution >= 0.6 is 0 Å². The van der Waals surface area contributed by atoms with Gasteiger partial charge in [0.05, 0.1) is 18.6 Å². The van der Waals surface area contributed by atoms with Gasteiger partial charge in [-0.25, -0.2) is 0 Å². The molecule has 2 N–H and O–H groups in total. The molecule has 0 radical (unpaired) electrons. The number of rotatable bonds is 8. The summed E-state index contributed by atoms with van der Waals surface area (Å²) in [5.41, 5.74) is 1.56. The molecule has 32 heavy (non-hydrogen) atoms. The van der Waals surface area contributed by atoms with Gasteiger partial charge in [-0.1, -0.05) is 23.3 Å². The smallest absolute Gasteiger partial charge is 0.392 e. The van der Waals surface area contributed by atoms with Gasteiger partial charge in [0.2, 0.25) is 0 Å². The third-order valence-corrected chi connectivity index (χ3v) is 6.46. The van der Waals surface area contributed by atoms with Crippen molar-refractivity contribution >= 4 is 0 Å². The largest absolute Gasteiger partial charge is 0.458 e. The van der Waals surface area contributed by atoms with Crippen LogP contribution < -0.4 is 0 Å². The summed E-state index contributed by atoms with van der Waals surface area (Å²) in [5, 5.41) is 18.8. The highest BCUT2D eigenvalue weighted by atomic mass is 19.4. The van der Waals surface area contributed by atoms with Crippen molar-refractivity contribution in [2.45, 2.75) is 69.9 Å². The molecule has 176 valence electrons. The van der Waals surface area contributed by atoms with E-state index in [2.05, 4.69) is 0 Å². The van der Waals surface area contributed by atoms with Crippen molar-refractivity contribution in [2.24, 2.45) is 17.8 Å². The summed E-state index contributed by atoms with van der Waals surface area (Å²) in [6.45, 7) is 0.670. The number of allylic oxidation sites excluding steroid dienone is 6. The van der Waals surface area contributed by atoms with Crippen molar-refractivity contribution in [3.63, 3.8) is 0 Å². The molecule has 7 heteroatoms. The second-order valence-electron chi connectivity index (χ2n) is 9.22. The van der Waals surface area contributed by atoms with E-state index in [0.29, 0.717) is 49.7 Å². The molecule has 4 nitrogen and oxygen atoms in total. The topological polar surface area (TPSA) is 58.9 Å². The van der Waals surface area contributed by atoms with E-state index in [0.717, 1.165) is 11.1 Å². The minimum absolute atomic E-state index is 0.101. The summed E-state index contributed by atoms with van der Waals surface area (Å²) >= 11 is 0. The standard InChI is InChI=1S/C25H31F3O4/c26-25(27,28)23-7-2-1-6-22(23)18-4-3-5-19(13-18)32-21-11-17(12-24(29)30)10-20(14-21)31-15-16-8-9-16/h1,5-6,11,13-14,16,20,22-24,29-30H,2-4,7-10,12,15H2. The first-order chi connectivity index (χ1) is 15.3. The molecule has 0 aromatic heterocycles. The van der Waals surface area contributed by atoms with Crippen molar-refractivity contribution in [3.05, 3.63) is 59.1 Å². The van der Waals surface area contributed by atoms with Gasteiger partial charge in [0, 0.05) is 12.3 Å². The van der Waals surface area contributed by atoms with Crippen LogP contribution in [0, 0.1) is 17.8 Å². The first kappa shape index (κ1) is 23.3. The maximum absolute atomic E-state index is 13.6. The third kappa shape index (κ3) is 6.36. The lowest BCUT2D eigenvalue weighted by Gasteiger charge is -2.32. The van der Waals surface area contributed by atoms with Crippen molar-refractivity contribution in [2.75, 3.05) is 6.61 Å².